The predicted octanol–water partition coefficient (Wildman–Crippen LogP) is 1.82. The number of halogens is 3. The Morgan fingerprint density at radius 2 is 2.33 bits per heavy atom. The maximum absolute atomic E-state index is 12.3. The van der Waals surface area contributed by atoms with Crippen molar-refractivity contribution in [2.45, 2.75) is 4.83 Å². The van der Waals surface area contributed by atoms with Crippen LogP contribution in [-0.2, 0) is 4.83 Å². The van der Waals surface area contributed by atoms with E-state index in [1.54, 1.807) is 0 Å². The first-order valence-electron chi connectivity index (χ1n) is 2.67. The summed E-state index contributed by atoms with van der Waals surface area (Å²) in [5.41, 5.74) is -0.552. The number of rotatable bonds is 2. The molecule has 1 rings (SSSR count). The van der Waals surface area contributed by atoms with Crippen LogP contribution in [0.2, 0.25) is 0 Å². The lowest BCUT2D eigenvalue weighted by molar-refractivity contribution is 0.0689. The molecule has 4 nitrogen and oxygen atoms in total. The molecule has 0 bridgehead atoms. The standard InChI is InChI=1S/C5H2BrF2NO3/c6-5(7,8)4-9-2(1-12-4)3(10)11/h1H,(H,10,11). The van der Waals surface area contributed by atoms with E-state index in [-0.39, 0.29) is 0 Å². The maximum atomic E-state index is 12.3. The monoisotopic (exact) mass is 241 g/mol. The Hall–Kier alpha value is -0.980. The Morgan fingerprint density at radius 3 is 2.58 bits per heavy atom. The van der Waals surface area contributed by atoms with Crippen molar-refractivity contribution in [1.82, 2.24) is 4.98 Å². The van der Waals surface area contributed by atoms with Gasteiger partial charge in [-0.25, -0.2) is 9.78 Å². The van der Waals surface area contributed by atoms with Gasteiger partial charge in [-0.3, -0.25) is 0 Å². The van der Waals surface area contributed by atoms with Gasteiger partial charge in [-0.05, 0) is 0 Å². The van der Waals surface area contributed by atoms with Gasteiger partial charge >= 0.3 is 10.8 Å². The average molecular weight is 242 g/mol. The van der Waals surface area contributed by atoms with Gasteiger partial charge in [-0.1, -0.05) is 0 Å². The molecule has 66 valence electrons. The summed E-state index contributed by atoms with van der Waals surface area (Å²) in [7, 11) is 0. The van der Waals surface area contributed by atoms with Crippen LogP contribution in [0.3, 0.4) is 0 Å². The molecule has 1 heterocycles. The Morgan fingerprint density at radius 1 is 1.75 bits per heavy atom. The number of oxazole rings is 1. The van der Waals surface area contributed by atoms with E-state index >= 15 is 0 Å². The molecule has 0 fully saturated rings. The van der Waals surface area contributed by atoms with Gasteiger partial charge in [0.25, 0.3) is 5.89 Å². The summed E-state index contributed by atoms with van der Waals surface area (Å²) < 4.78 is 28.8. The van der Waals surface area contributed by atoms with Crippen molar-refractivity contribution in [3.8, 4) is 0 Å². The summed E-state index contributed by atoms with van der Waals surface area (Å²) in [4.78, 5) is 9.75. The SMILES string of the molecule is O=C(O)c1coc(C(F)(F)Br)n1. The molecule has 7 heteroatoms. The predicted molar refractivity (Wildman–Crippen MR) is 36.3 cm³/mol. The van der Waals surface area contributed by atoms with Crippen LogP contribution in [0.5, 0.6) is 0 Å². The molecule has 0 amide bonds. The van der Waals surface area contributed by atoms with E-state index < -0.39 is 22.4 Å². The fourth-order valence-electron chi connectivity index (χ4n) is 0.502. The van der Waals surface area contributed by atoms with Crippen molar-refractivity contribution in [1.29, 1.82) is 0 Å². The number of aromatic carboxylic acids is 1. The summed E-state index contributed by atoms with van der Waals surface area (Å²) >= 11 is 1.97. The quantitative estimate of drug-likeness (QED) is 0.803. The summed E-state index contributed by atoms with van der Waals surface area (Å²) in [6, 6.07) is 0. The second kappa shape index (κ2) is 2.81. The lowest BCUT2D eigenvalue weighted by atomic mass is 10.5. The normalized spacial score (nSPS) is 11.6. The van der Waals surface area contributed by atoms with Crippen LogP contribution in [0.25, 0.3) is 0 Å². The Balaban J connectivity index is 3.00. The number of carboxylic acids is 1. The third kappa shape index (κ3) is 1.79. The highest BCUT2D eigenvalue weighted by Crippen LogP contribution is 2.33. The van der Waals surface area contributed by atoms with Gasteiger partial charge in [0, 0.05) is 15.9 Å². The van der Waals surface area contributed by atoms with E-state index in [2.05, 4.69) is 9.40 Å². The first kappa shape index (κ1) is 9.11. The number of hydrogen-bond donors (Lipinski definition) is 1. The molecule has 0 aliphatic rings. The summed E-state index contributed by atoms with van der Waals surface area (Å²) in [5, 5.41) is 8.28. The summed E-state index contributed by atoms with van der Waals surface area (Å²) in [6.07, 6.45) is 0.646. The van der Waals surface area contributed by atoms with E-state index in [1.807, 2.05) is 15.9 Å². The van der Waals surface area contributed by atoms with Crippen molar-refractivity contribution >= 4 is 21.9 Å². The lowest BCUT2D eigenvalue weighted by Gasteiger charge is -1.99. The van der Waals surface area contributed by atoms with Crippen molar-refractivity contribution in [2.75, 3.05) is 0 Å². The molecular weight excluding hydrogens is 240 g/mol. The van der Waals surface area contributed by atoms with Crippen LogP contribution in [0.15, 0.2) is 10.7 Å². The van der Waals surface area contributed by atoms with Crippen molar-refractivity contribution in [3.05, 3.63) is 17.8 Å². The van der Waals surface area contributed by atoms with Gasteiger partial charge in [0.2, 0.25) is 0 Å². The molecule has 0 saturated carbocycles. The van der Waals surface area contributed by atoms with E-state index in [9.17, 15) is 13.6 Å². The molecule has 0 spiro atoms. The second-order valence-corrected chi connectivity index (χ2v) is 2.84. The van der Waals surface area contributed by atoms with E-state index in [4.69, 9.17) is 5.11 Å². The van der Waals surface area contributed by atoms with Gasteiger partial charge in [0.05, 0.1) is 0 Å². The Labute approximate surface area is 73.3 Å². The number of carboxylic acid groups (broad SMARTS) is 1. The third-order valence-corrected chi connectivity index (χ3v) is 1.30. The van der Waals surface area contributed by atoms with Crippen LogP contribution >= 0.6 is 15.9 Å². The Bertz CT molecular complexity index is 306. The molecule has 1 aromatic heterocycles. The van der Waals surface area contributed by atoms with E-state index in [0.717, 1.165) is 0 Å². The average Bonchev–Trinajstić information content (AvgIpc) is 2.30. The first-order valence-corrected chi connectivity index (χ1v) is 3.46. The zero-order valence-corrected chi connectivity index (χ0v) is 7.01. The van der Waals surface area contributed by atoms with Gasteiger partial charge in [-0.15, -0.1) is 0 Å². The maximum Gasteiger partial charge on any atom is 0.375 e. The minimum Gasteiger partial charge on any atom is -0.476 e. The lowest BCUT2D eigenvalue weighted by Crippen LogP contribution is -2.04. The molecule has 12 heavy (non-hydrogen) atoms. The molecule has 0 aliphatic heterocycles. The third-order valence-electron chi connectivity index (χ3n) is 0.966. The molecule has 0 saturated heterocycles. The molecule has 0 radical (unpaired) electrons. The van der Waals surface area contributed by atoms with Crippen LogP contribution in [0, 0.1) is 0 Å². The molecule has 0 aliphatic carbocycles. The smallest absolute Gasteiger partial charge is 0.375 e. The minimum atomic E-state index is -3.43. The van der Waals surface area contributed by atoms with Crippen molar-refractivity contribution < 1.29 is 23.1 Å². The zero-order chi connectivity index (χ0) is 9.35. The van der Waals surface area contributed by atoms with Crippen LogP contribution in [0.4, 0.5) is 8.78 Å². The number of hydrogen-bond acceptors (Lipinski definition) is 3. The first-order chi connectivity index (χ1) is 5.41. The van der Waals surface area contributed by atoms with Crippen LogP contribution in [0.1, 0.15) is 16.4 Å². The Kier molecular flexibility index (Phi) is 2.14. The highest BCUT2D eigenvalue weighted by molar-refractivity contribution is 9.09. The molecular formula is C5H2BrF2NO3. The summed E-state index contributed by atoms with van der Waals surface area (Å²) in [6.45, 7) is 0. The molecule has 0 aromatic carbocycles. The highest BCUT2D eigenvalue weighted by atomic mass is 79.9. The van der Waals surface area contributed by atoms with Gasteiger partial charge < -0.3 is 9.52 Å². The molecule has 1 aromatic rings. The summed E-state index contributed by atoms with van der Waals surface area (Å²) in [5.74, 6) is -2.39. The van der Waals surface area contributed by atoms with Crippen LogP contribution < -0.4 is 0 Å². The van der Waals surface area contributed by atoms with Gasteiger partial charge in [0.15, 0.2) is 5.69 Å². The minimum absolute atomic E-state index is 0.552. The fraction of sp³-hybridized carbons (Fsp3) is 0.200. The van der Waals surface area contributed by atoms with Crippen molar-refractivity contribution in [2.24, 2.45) is 0 Å². The van der Waals surface area contributed by atoms with E-state index in [1.165, 1.54) is 0 Å². The second-order valence-electron chi connectivity index (χ2n) is 1.84. The highest BCUT2D eigenvalue weighted by Gasteiger charge is 2.34. The van der Waals surface area contributed by atoms with Gasteiger partial charge in [-0.2, -0.15) is 8.78 Å². The van der Waals surface area contributed by atoms with E-state index in [0.29, 0.717) is 6.26 Å². The number of alkyl halides is 3. The van der Waals surface area contributed by atoms with Crippen molar-refractivity contribution in [3.63, 3.8) is 0 Å². The van der Waals surface area contributed by atoms with Gasteiger partial charge in [0.1, 0.15) is 6.26 Å². The largest absolute Gasteiger partial charge is 0.476 e. The topological polar surface area (TPSA) is 63.3 Å². The van der Waals surface area contributed by atoms with Crippen LogP contribution in [-0.4, -0.2) is 16.1 Å². The molecule has 0 unspecified atom stereocenters. The zero-order valence-electron chi connectivity index (χ0n) is 5.42. The molecule has 0 atom stereocenters. The number of aromatic nitrogens is 1. The number of carbonyl (C=O) groups is 1. The number of nitrogens with zero attached hydrogens (tertiary/aromatic N) is 1. The molecule has 1 N–H and O–H groups in total. The fourth-order valence-corrected chi connectivity index (χ4v) is 0.684.